The molecule has 7 heteroatoms. The second-order valence-corrected chi connectivity index (χ2v) is 4.55. The highest BCUT2D eigenvalue weighted by atomic mass is 35.5. The van der Waals surface area contributed by atoms with Crippen LogP contribution in [0.2, 0.25) is 5.02 Å². The third-order valence-corrected chi connectivity index (χ3v) is 2.68. The highest BCUT2D eigenvalue weighted by Crippen LogP contribution is 2.26. The number of aliphatic carboxylic acids is 1. The summed E-state index contributed by atoms with van der Waals surface area (Å²) in [5.74, 6) is -1.25. The summed E-state index contributed by atoms with van der Waals surface area (Å²) in [5, 5.41) is 8.91. The summed E-state index contributed by atoms with van der Waals surface area (Å²) >= 11 is 5.59. The van der Waals surface area contributed by atoms with Crippen LogP contribution in [0.4, 0.5) is 4.39 Å². The number of pyridine rings is 1. The second kappa shape index (κ2) is 6.41. The summed E-state index contributed by atoms with van der Waals surface area (Å²) in [6, 6.07) is 7.15. The fraction of sp³-hybridized carbons (Fsp3) is 0.143. The Balaban J connectivity index is 0.00000242. The Labute approximate surface area is 126 Å². The molecule has 2 rings (SSSR count). The summed E-state index contributed by atoms with van der Waals surface area (Å²) < 4.78 is 23.9. The largest absolute Gasteiger partial charge is 0.479 e. The van der Waals surface area contributed by atoms with E-state index in [1.165, 1.54) is 37.4 Å². The van der Waals surface area contributed by atoms with Gasteiger partial charge in [0, 0.05) is 7.62 Å². The van der Waals surface area contributed by atoms with Crippen LogP contribution in [-0.4, -0.2) is 22.2 Å². The lowest BCUT2D eigenvalue weighted by Crippen LogP contribution is -2.22. The zero-order valence-corrected chi connectivity index (χ0v) is 11.7. The van der Waals surface area contributed by atoms with E-state index in [1.807, 2.05) is 0 Å². The lowest BCUT2D eigenvalue weighted by Gasteiger charge is -2.11. The first-order chi connectivity index (χ1) is 9.95. The fourth-order valence-electron chi connectivity index (χ4n) is 1.43. The van der Waals surface area contributed by atoms with Crippen LogP contribution in [0.3, 0.4) is 0 Å². The summed E-state index contributed by atoms with van der Waals surface area (Å²) in [5.41, 5.74) is 0. The third kappa shape index (κ3) is 4.06. The van der Waals surface area contributed by atoms with Crippen LogP contribution in [0, 0.1) is 5.82 Å². The number of ether oxygens (including phenoxy) is 2. The Morgan fingerprint density at radius 1 is 1.38 bits per heavy atom. The summed E-state index contributed by atoms with van der Waals surface area (Å²) in [6.07, 6.45) is 0.304. The van der Waals surface area contributed by atoms with E-state index in [4.69, 9.17) is 26.2 Å². The first-order valence-electron chi connectivity index (χ1n) is 5.94. The van der Waals surface area contributed by atoms with Crippen molar-refractivity contribution in [1.29, 1.82) is 0 Å². The van der Waals surface area contributed by atoms with Crippen molar-refractivity contribution in [1.82, 2.24) is 4.98 Å². The Morgan fingerprint density at radius 2 is 2.00 bits per heavy atom. The minimum absolute atomic E-state index is 0. The number of carboxylic acids is 1. The van der Waals surface area contributed by atoms with E-state index in [1.54, 1.807) is 0 Å². The Morgan fingerprint density at radius 3 is 2.57 bits per heavy atom. The van der Waals surface area contributed by atoms with Crippen LogP contribution in [0.1, 0.15) is 8.35 Å². The molecule has 5 nitrogen and oxygen atoms in total. The number of benzene rings is 1. The van der Waals surface area contributed by atoms with Gasteiger partial charge in [0.05, 0.1) is 5.02 Å². The standard InChI is InChI=1S/C14H11ClFNO4.H2/c1-8(14(18)19)20-10-2-4-11(5-3-10)21-13-12(16)6-9(15)7-17-13;/h2-8H,1H3,(H,18,19);1H/t8-;/m1./s1/i;1+1. The van der Waals surface area contributed by atoms with Crippen molar-refractivity contribution in [2.75, 3.05) is 0 Å². The Bertz CT molecular complexity index is 654. The molecule has 1 heterocycles. The van der Waals surface area contributed by atoms with E-state index in [0.29, 0.717) is 11.5 Å². The van der Waals surface area contributed by atoms with Gasteiger partial charge in [0.1, 0.15) is 11.5 Å². The molecule has 0 amide bonds. The maximum atomic E-state index is 13.5. The van der Waals surface area contributed by atoms with Gasteiger partial charge in [0.2, 0.25) is 0 Å². The van der Waals surface area contributed by atoms with Crippen LogP contribution in [0.25, 0.3) is 0 Å². The van der Waals surface area contributed by atoms with E-state index >= 15 is 0 Å². The van der Waals surface area contributed by atoms with Gasteiger partial charge in [0.25, 0.3) is 5.88 Å². The zero-order chi connectivity index (χ0) is 15.4. The third-order valence-electron chi connectivity index (χ3n) is 2.47. The average molecular weight is 315 g/mol. The van der Waals surface area contributed by atoms with Gasteiger partial charge in [-0.3, -0.25) is 0 Å². The molecule has 0 bridgehead atoms. The van der Waals surface area contributed by atoms with E-state index in [0.717, 1.165) is 6.07 Å². The molecule has 1 aromatic carbocycles. The molecule has 0 radical (unpaired) electrons. The van der Waals surface area contributed by atoms with Crippen molar-refractivity contribution >= 4 is 17.6 Å². The molecular formula is C14H13ClFNO4. The van der Waals surface area contributed by atoms with E-state index in [9.17, 15) is 9.18 Å². The van der Waals surface area contributed by atoms with E-state index < -0.39 is 17.9 Å². The maximum absolute atomic E-state index is 13.5. The summed E-state index contributed by atoms with van der Waals surface area (Å²) in [6.45, 7) is 1.42. The Hall–Kier alpha value is -2.34. The number of nitrogens with zero attached hydrogens (tertiary/aromatic N) is 1. The fourth-order valence-corrected chi connectivity index (χ4v) is 1.57. The molecule has 0 saturated carbocycles. The zero-order valence-electron chi connectivity index (χ0n) is 10.9. The number of halogens is 2. The minimum Gasteiger partial charge on any atom is -0.479 e. The number of carbonyl (C=O) groups is 1. The van der Waals surface area contributed by atoms with Crippen LogP contribution >= 0.6 is 11.6 Å². The Kier molecular flexibility index (Phi) is 4.59. The van der Waals surface area contributed by atoms with Gasteiger partial charge in [-0.1, -0.05) is 11.6 Å². The van der Waals surface area contributed by atoms with Gasteiger partial charge >= 0.3 is 5.97 Å². The van der Waals surface area contributed by atoms with Gasteiger partial charge in [-0.2, -0.15) is 0 Å². The molecule has 2 aromatic rings. The highest BCUT2D eigenvalue weighted by molar-refractivity contribution is 6.30. The lowest BCUT2D eigenvalue weighted by molar-refractivity contribution is -0.144. The van der Waals surface area contributed by atoms with Crippen molar-refractivity contribution in [3.05, 3.63) is 47.4 Å². The molecule has 1 atom stereocenters. The molecule has 0 unspecified atom stereocenters. The molecule has 21 heavy (non-hydrogen) atoms. The minimum atomic E-state index is -1.07. The normalized spacial score (nSPS) is 11.8. The topological polar surface area (TPSA) is 68.7 Å². The van der Waals surface area contributed by atoms with E-state index in [-0.39, 0.29) is 12.3 Å². The quantitative estimate of drug-likeness (QED) is 0.910. The monoisotopic (exact) mass is 314 g/mol. The van der Waals surface area contributed by atoms with Crippen LogP contribution < -0.4 is 9.47 Å². The summed E-state index contributed by atoms with van der Waals surface area (Å²) in [7, 11) is 0. The van der Waals surface area contributed by atoms with Crippen LogP contribution in [0.15, 0.2) is 36.5 Å². The predicted octanol–water partition coefficient (Wildman–Crippen LogP) is 3.76. The number of hydrogen-bond acceptors (Lipinski definition) is 4. The second-order valence-electron chi connectivity index (χ2n) is 4.11. The van der Waals surface area contributed by atoms with Crippen molar-refractivity contribution in [3.63, 3.8) is 0 Å². The SMILES string of the molecule is C[C@@H](Oc1ccc(Oc2ncc(Cl)cc2F)cc1)C(=O)O.[2HH]. The molecule has 1 N–H and O–H groups in total. The molecule has 0 aliphatic carbocycles. The number of rotatable bonds is 5. The molecule has 0 aliphatic heterocycles. The number of aromatic nitrogens is 1. The molecule has 0 spiro atoms. The molecule has 0 fully saturated rings. The predicted molar refractivity (Wildman–Crippen MR) is 75.6 cm³/mol. The molecule has 0 saturated heterocycles. The lowest BCUT2D eigenvalue weighted by atomic mass is 10.3. The molecule has 0 aliphatic rings. The smallest absolute Gasteiger partial charge is 0.344 e. The number of hydrogen-bond donors (Lipinski definition) is 1. The van der Waals surface area contributed by atoms with Crippen molar-refractivity contribution in [2.24, 2.45) is 0 Å². The van der Waals surface area contributed by atoms with Crippen LogP contribution in [0.5, 0.6) is 17.4 Å². The maximum Gasteiger partial charge on any atom is 0.344 e. The number of carboxylic acid groups (broad SMARTS) is 1. The van der Waals surface area contributed by atoms with Crippen LogP contribution in [-0.2, 0) is 4.79 Å². The molecular weight excluding hydrogens is 301 g/mol. The van der Waals surface area contributed by atoms with Crippen molar-refractivity contribution in [3.8, 4) is 17.4 Å². The van der Waals surface area contributed by atoms with Gasteiger partial charge in [-0.25, -0.2) is 14.2 Å². The summed E-state index contributed by atoms with van der Waals surface area (Å²) in [4.78, 5) is 14.4. The van der Waals surface area contributed by atoms with Crippen molar-refractivity contribution < 1.29 is 25.2 Å². The van der Waals surface area contributed by atoms with Gasteiger partial charge in [-0.05, 0) is 37.3 Å². The van der Waals surface area contributed by atoms with E-state index in [2.05, 4.69) is 4.98 Å². The van der Waals surface area contributed by atoms with Gasteiger partial charge in [0.15, 0.2) is 11.9 Å². The molecule has 1 aromatic heterocycles. The first-order valence-corrected chi connectivity index (χ1v) is 6.32. The van der Waals surface area contributed by atoms with Gasteiger partial charge < -0.3 is 14.6 Å². The van der Waals surface area contributed by atoms with Crippen molar-refractivity contribution in [2.45, 2.75) is 13.0 Å². The van der Waals surface area contributed by atoms with Gasteiger partial charge in [-0.15, -0.1) is 0 Å². The average Bonchev–Trinajstić information content (AvgIpc) is 2.43. The first kappa shape index (κ1) is 15.1. The highest BCUT2D eigenvalue weighted by Gasteiger charge is 2.12. The molecule has 112 valence electrons.